The predicted molar refractivity (Wildman–Crippen MR) is 137 cm³/mol. The van der Waals surface area contributed by atoms with E-state index in [4.69, 9.17) is 10.7 Å². The van der Waals surface area contributed by atoms with Crippen LogP contribution in [0.1, 0.15) is 49.7 Å². The van der Waals surface area contributed by atoms with Gasteiger partial charge in [0.05, 0.1) is 6.04 Å². The largest absolute Gasteiger partial charge is 0.382 e. The van der Waals surface area contributed by atoms with Gasteiger partial charge in [-0.25, -0.2) is 9.97 Å². The van der Waals surface area contributed by atoms with Gasteiger partial charge in [-0.15, -0.1) is 0 Å². The van der Waals surface area contributed by atoms with Crippen LogP contribution in [0.15, 0.2) is 67.0 Å². The number of hydrogen-bond donors (Lipinski definition) is 2. The molecular formula is C29H27N5O2. The van der Waals surface area contributed by atoms with Crippen LogP contribution in [-0.4, -0.2) is 36.3 Å². The molecule has 2 aromatic heterocycles. The van der Waals surface area contributed by atoms with Crippen LogP contribution in [0.2, 0.25) is 0 Å². The molecule has 36 heavy (non-hydrogen) atoms. The summed E-state index contributed by atoms with van der Waals surface area (Å²) < 4.78 is 1.96. The van der Waals surface area contributed by atoms with Crippen LogP contribution in [0.5, 0.6) is 0 Å². The normalized spacial score (nSPS) is 22.0. The van der Waals surface area contributed by atoms with Crippen molar-refractivity contribution in [3.05, 3.63) is 83.9 Å². The number of likely N-dealkylation sites (tertiary alicyclic amines) is 1. The van der Waals surface area contributed by atoms with E-state index in [0.29, 0.717) is 22.9 Å². The monoisotopic (exact) mass is 477 g/mol. The highest BCUT2D eigenvalue weighted by atomic mass is 16.3. The van der Waals surface area contributed by atoms with Gasteiger partial charge in [0.2, 0.25) is 0 Å². The number of nitrogens with two attached hydrogens (primary N) is 1. The van der Waals surface area contributed by atoms with Gasteiger partial charge < -0.3 is 15.7 Å². The fraction of sp³-hybridized carbons (Fsp3) is 0.276. The zero-order valence-electron chi connectivity index (χ0n) is 20.2. The van der Waals surface area contributed by atoms with Crippen molar-refractivity contribution in [2.75, 3.05) is 5.73 Å². The van der Waals surface area contributed by atoms with Gasteiger partial charge in [-0.05, 0) is 49.7 Å². The van der Waals surface area contributed by atoms with Gasteiger partial charge in [-0.2, -0.15) is 0 Å². The van der Waals surface area contributed by atoms with Crippen LogP contribution in [0.25, 0.3) is 16.8 Å². The van der Waals surface area contributed by atoms with Crippen molar-refractivity contribution in [1.82, 2.24) is 19.3 Å². The Hall–Kier alpha value is -4.15. The Bertz CT molecular complexity index is 1530. The van der Waals surface area contributed by atoms with Crippen LogP contribution in [0.4, 0.5) is 5.82 Å². The average Bonchev–Trinajstić information content (AvgIpc) is 3.37. The Morgan fingerprint density at radius 1 is 1.11 bits per heavy atom. The maximum atomic E-state index is 12.8. The fourth-order valence-corrected chi connectivity index (χ4v) is 5.56. The van der Waals surface area contributed by atoms with Gasteiger partial charge in [0.25, 0.3) is 5.91 Å². The molecular weight excluding hydrogens is 450 g/mol. The van der Waals surface area contributed by atoms with E-state index in [2.05, 4.69) is 16.8 Å². The van der Waals surface area contributed by atoms with E-state index in [-0.39, 0.29) is 18.0 Å². The highest BCUT2D eigenvalue weighted by molar-refractivity contribution is 5.94. The lowest BCUT2D eigenvalue weighted by molar-refractivity contribution is -0.127. The molecule has 0 bridgehead atoms. The van der Waals surface area contributed by atoms with E-state index in [1.807, 2.05) is 70.1 Å². The summed E-state index contributed by atoms with van der Waals surface area (Å²) in [6.45, 7) is 3.47. The number of hydrogen-bond acceptors (Lipinski definition) is 5. The van der Waals surface area contributed by atoms with Crippen molar-refractivity contribution in [1.29, 1.82) is 0 Å². The molecule has 7 nitrogen and oxygen atoms in total. The molecule has 1 saturated heterocycles. The van der Waals surface area contributed by atoms with Crippen LogP contribution in [-0.2, 0) is 10.4 Å². The average molecular weight is 478 g/mol. The number of anilines is 1. The highest BCUT2D eigenvalue weighted by Gasteiger charge is 2.55. The second kappa shape index (κ2) is 8.21. The summed E-state index contributed by atoms with van der Waals surface area (Å²) in [7, 11) is 0. The van der Waals surface area contributed by atoms with E-state index in [9.17, 15) is 9.90 Å². The molecule has 0 radical (unpaired) electrons. The SMILES string of the molecule is CC#CC(=O)N1C2CC2C[C@H]1c1nc(-c2ccc(C(C)(O)c3ccccc3)cc2)c2c(N)nccn12. The minimum atomic E-state index is -1.13. The Balaban J connectivity index is 1.42. The number of rotatable bonds is 4. The molecule has 1 amide bonds. The first kappa shape index (κ1) is 22.3. The third-order valence-corrected chi connectivity index (χ3v) is 7.54. The highest BCUT2D eigenvalue weighted by Crippen LogP contribution is 2.53. The Kier molecular flexibility index (Phi) is 5.09. The zero-order valence-corrected chi connectivity index (χ0v) is 20.2. The predicted octanol–water partition coefficient (Wildman–Crippen LogP) is 3.92. The number of piperidine rings is 1. The number of carbonyl (C=O) groups is 1. The molecule has 1 aliphatic heterocycles. The van der Waals surface area contributed by atoms with E-state index in [1.54, 1.807) is 20.0 Å². The lowest BCUT2D eigenvalue weighted by Crippen LogP contribution is -2.33. The summed E-state index contributed by atoms with van der Waals surface area (Å²) >= 11 is 0. The number of amides is 1. The topological polar surface area (TPSA) is 96.8 Å². The molecule has 0 spiro atoms. The quantitative estimate of drug-likeness (QED) is 0.434. The number of aromatic nitrogens is 3. The Morgan fingerprint density at radius 3 is 2.56 bits per heavy atom. The van der Waals surface area contributed by atoms with Crippen molar-refractivity contribution >= 4 is 17.2 Å². The van der Waals surface area contributed by atoms with Crippen LogP contribution in [0.3, 0.4) is 0 Å². The number of carbonyl (C=O) groups excluding carboxylic acids is 1. The lowest BCUT2D eigenvalue weighted by atomic mass is 9.87. The van der Waals surface area contributed by atoms with Gasteiger partial charge in [-0.3, -0.25) is 9.20 Å². The smallest absolute Gasteiger partial charge is 0.299 e. The zero-order chi connectivity index (χ0) is 25.0. The summed E-state index contributed by atoms with van der Waals surface area (Å²) in [4.78, 5) is 24.1. The van der Waals surface area contributed by atoms with Gasteiger partial charge in [0.15, 0.2) is 0 Å². The number of imidazole rings is 1. The third kappa shape index (κ3) is 3.45. The minimum absolute atomic E-state index is 0.152. The van der Waals surface area contributed by atoms with Gasteiger partial charge >= 0.3 is 0 Å². The third-order valence-electron chi connectivity index (χ3n) is 7.54. The van der Waals surface area contributed by atoms with E-state index >= 15 is 0 Å². The molecule has 6 rings (SSSR count). The van der Waals surface area contributed by atoms with Crippen molar-refractivity contribution in [3.63, 3.8) is 0 Å². The lowest BCUT2D eigenvalue weighted by Gasteiger charge is -2.25. The number of nitrogens with zero attached hydrogens (tertiary/aromatic N) is 4. The van der Waals surface area contributed by atoms with E-state index in [0.717, 1.165) is 35.4 Å². The molecule has 4 aromatic rings. The maximum absolute atomic E-state index is 12.8. The second-order valence-corrected chi connectivity index (χ2v) is 9.77. The van der Waals surface area contributed by atoms with Crippen molar-refractivity contribution < 1.29 is 9.90 Å². The standard InChI is InChI=1S/C29H27N5O2/c1-3-7-24(35)34-22-16-19(22)17-23(34)28-32-25(26-27(30)31-14-15-33(26)28)18-10-12-21(13-11-18)29(2,36)20-8-5-4-6-9-20/h4-6,8-15,19,22-23,36H,16-17H2,1-2H3,(H2,30,31)/t19?,22?,23-,29?/m0/s1. The summed E-state index contributed by atoms with van der Waals surface area (Å²) in [6, 6.07) is 17.4. The molecule has 4 atom stereocenters. The molecule has 180 valence electrons. The number of fused-ring (bicyclic) bond motifs is 2. The van der Waals surface area contributed by atoms with E-state index < -0.39 is 5.60 Å². The summed E-state index contributed by atoms with van der Waals surface area (Å²) in [5.41, 5.74) is 9.09. The van der Waals surface area contributed by atoms with Gasteiger partial charge in [0.1, 0.15) is 28.5 Å². The second-order valence-electron chi connectivity index (χ2n) is 9.77. The number of nitrogen functional groups attached to an aromatic ring is 1. The Morgan fingerprint density at radius 2 is 1.83 bits per heavy atom. The van der Waals surface area contributed by atoms with Crippen LogP contribution >= 0.6 is 0 Å². The van der Waals surface area contributed by atoms with Crippen molar-refractivity contribution in [2.45, 2.75) is 44.4 Å². The Labute approximate surface area is 209 Å². The van der Waals surface area contributed by atoms with Crippen molar-refractivity contribution in [3.8, 4) is 23.1 Å². The summed E-state index contributed by atoms with van der Waals surface area (Å²) in [5, 5.41) is 11.2. The molecule has 3 heterocycles. The molecule has 7 heteroatoms. The van der Waals surface area contributed by atoms with Gasteiger partial charge in [0, 0.05) is 24.0 Å². The maximum Gasteiger partial charge on any atom is 0.299 e. The minimum Gasteiger partial charge on any atom is -0.382 e. The molecule has 1 aliphatic carbocycles. The number of aliphatic hydroxyl groups is 1. The van der Waals surface area contributed by atoms with Crippen LogP contribution < -0.4 is 5.73 Å². The first-order valence-electron chi connectivity index (χ1n) is 12.2. The molecule has 3 unspecified atom stereocenters. The number of benzene rings is 2. The first-order chi connectivity index (χ1) is 17.4. The van der Waals surface area contributed by atoms with Crippen molar-refractivity contribution in [2.24, 2.45) is 5.92 Å². The van der Waals surface area contributed by atoms with Gasteiger partial charge in [-0.1, -0.05) is 60.5 Å². The summed E-state index contributed by atoms with van der Waals surface area (Å²) in [5.74, 6) is 6.95. The summed E-state index contributed by atoms with van der Waals surface area (Å²) in [6.07, 6.45) is 5.40. The van der Waals surface area contributed by atoms with Crippen LogP contribution in [0, 0.1) is 17.8 Å². The van der Waals surface area contributed by atoms with E-state index in [1.165, 1.54) is 0 Å². The first-order valence-corrected chi connectivity index (χ1v) is 12.2. The molecule has 1 saturated carbocycles. The molecule has 2 fully saturated rings. The molecule has 2 aromatic carbocycles. The molecule has 3 N–H and O–H groups in total. The fourth-order valence-electron chi connectivity index (χ4n) is 5.56. The molecule has 2 aliphatic rings.